The fourth-order valence-corrected chi connectivity index (χ4v) is 3.80. The van der Waals surface area contributed by atoms with Gasteiger partial charge < -0.3 is 15.3 Å². The van der Waals surface area contributed by atoms with Crippen molar-refractivity contribution in [1.82, 2.24) is 0 Å². The van der Waals surface area contributed by atoms with Crippen LogP contribution in [0.2, 0.25) is 0 Å². The maximum absolute atomic E-state index is 9.76. The highest BCUT2D eigenvalue weighted by atomic mass is 16.3. The van der Waals surface area contributed by atoms with Crippen LogP contribution in [0.4, 0.5) is 0 Å². The summed E-state index contributed by atoms with van der Waals surface area (Å²) in [5, 5.41) is 29.0. The van der Waals surface area contributed by atoms with E-state index in [-0.39, 0.29) is 18.3 Å². The number of aliphatic hydroxyl groups is 3. The molecule has 0 aromatic rings. The summed E-state index contributed by atoms with van der Waals surface area (Å²) < 4.78 is 0. The lowest BCUT2D eigenvalue weighted by Crippen LogP contribution is -2.28. The van der Waals surface area contributed by atoms with E-state index in [4.69, 9.17) is 0 Å². The maximum atomic E-state index is 9.76. The Morgan fingerprint density at radius 1 is 0.394 bits per heavy atom. The molecule has 3 heteroatoms. The third-order valence-electron chi connectivity index (χ3n) is 8.49. The molecule has 0 bridgehead atoms. The monoisotopic (exact) mass is 475 g/mol. The van der Waals surface area contributed by atoms with Crippen LogP contribution >= 0.6 is 0 Å². The molecule has 0 rings (SSSR count). The third kappa shape index (κ3) is 16.2. The first kappa shape index (κ1) is 37.4. The molecular weight excluding hydrogens is 408 g/mol. The quantitative estimate of drug-likeness (QED) is 0.268. The Balaban J connectivity index is -0.000000409. The standard InChI is InChI=1S/3C10H22O/c1-6-10(11)9(5)8(4)7(2)3;1-6-8(4)9(5)10(11)7(2)3;1-6-8(4)10(11)9(5)7(2)3/h3*7-11H,6H2,1-5H3/t2*8?,9?,10-;/m01./s1. The minimum absolute atomic E-state index is 0.118. The second kappa shape index (κ2) is 20.1. The lowest BCUT2D eigenvalue weighted by Gasteiger charge is -2.27. The van der Waals surface area contributed by atoms with Crippen LogP contribution in [-0.4, -0.2) is 33.6 Å². The SMILES string of the molecule is CCC(C)C(C)[C@H](O)C(C)C.CCC(C)C(O)C(C)C(C)C.CC[C@H](O)C(C)C(C)C(C)C. The highest BCUT2D eigenvalue weighted by Crippen LogP contribution is 2.24. The summed E-state index contributed by atoms with van der Waals surface area (Å²) in [7, 11) is 0. The number of hydrogen-bond donors (Lipinski definition) is 3. The van der Waals surface area contributed by atoms with Gasteiger partial charge in [0, 0.05) is 0 Å². The topological polar surface area (TPSA) is 60.7 Å². The highest BCUT2D eigenvalue weighted by molar-refractivity contribution is 4.73. The van der Waals surface area contributed by atoms with E-state index in [1.165, 1.54) is 0 Å². The summed E-state index contributed by atoms with van der Waals surface area (Å²) in [5.41, 5.74) is 0. The van der Waals surface area contributed by atoms with Crippen LogP contribution < -0.4 is 0 Å². The van der Waals surface area contributed by atoms with Gasteiger partial charge in [0.15, 0.2) is 0 Å². The molecule has 0 aliphatic rings. The van der Waals surface area contributed by atoms with Crippen molar-refractivity contribution in [2.24, 2.45) is 53.3 Å². The predicted octanol–water partition coefficient (Wildman–Crippen LogP) is 8.06. The van der Waals surface area contributed by atoms with Crippen molar-refractivity contribution in [3.8, 4) is 0 Å². The van der Waals surface area contributed by atoms with E-state index in [1.807, 2.05) is 6.92 Å². The van der Waals surface area contributed by atoms with Crippen LogP contribution in [0.5, 0.6) is 0 Å². The van der Waals surface area contributed by atoms with E-state index in [0.717, 1.165) is 19.3 Å². The lowest BCUT2D eigenvalue weighted by molar-refractivity contribution is 0.0435. The number of rotatable bonds is 12. The van der Waals surface area contributed by atoms with E-state index in [1.54, 1.807) is 0 Å². The molecule has 9 atom stereocenters. The Morgan fingerprint density at radius 2 is 0.788 bits per heavy atom. The molecule has 0 spiro atoms. The van der Waals surface area contributed by atoms with Crippen LogP contribution in [-0.2, 0) is 0 Å². The van der Waals surface area contributed by atoms with Gasteiger partial charge in [-0.15, -0.1) is 0 Å². The largest absolute Gasteiger partial charge is 0.393 e. The Bertz CT molecular complexity index is 359. The molecular formula is C30H66O3. The smallest absolute Gasteiger partial charge is 0.0593 e. The molecule has 0 saturated heterocycles. The molecule has 7 unspecified atom stereocenters. The van der Waals surface area contributed by atoms with Crippen LogP contribution in [0, 0.1) is 53.3 Å². The van der Waals surface area contributed by atoms with Crippen LogP contribution in [0.25, 0.3) is 0 Å². The summed E-state index contributed by atoms with van der Waals surface area (Å²) >= 11 is 0. The van der Waals surface area contributed by atoms with Crippen LogP contribution in [0.3, 0.4) is 0 Å². The zero-order chi connectivity index (χ0) is 27.0. The third-order valence-corrected chi connectivity index (χ3v) is 8.49. The van der Waals surface area contributed by atoms with E-state index in [0.29, 0.717) is 53.3 Å². The Kier molecular flexibility index (Phi) is 22.8. The molecule has 3 nitrogen and oxygen atoms in total. The zero-order valence-electron chi connectivity index (χ0n) is 25.4. The van der Waals surface area contributed by atoms with Crippen molar-refractivity contribution in [3.63, 3.8) is 0 Å². The molecule has 0 aliphatic carbocycles. The zero-order valence-corrected chi connectivity index (χ0v) is 25.4. The van der Waals surface area contributed by atoms with Gasteiger partial charge in [-0.05, 0) is 59.7 Å². The molecule has 0 saturated carbocycles. The Hall–Kier alpha value is -0.120. The molecule has 0 aromatic carbocycles. The molecule has 0 amide bonds. The minimum atomic E-state index is -0.134. The average Bonchev–Trinajstić information content (AvgIpc) is 2.79. The van der Waals surface area contributed by atoms with Crippen LogP contribution in [0.15, 0.2) is 0 Å². The fourth-order valence-electron chi connectivity index (χ4n) is 3.80. The van der Waals surface area contributed by atoms with Gasteiger partial charge in [-0.2, -0.15) is 0 Å². The summed E-state index contributed by atoms with van der Waals surface area (Å²) in [5.74, 6) is 4.61. The summed E-state index contributed by atoms with van der Waals surface area (Å²) in [6.45, 7) is 32.2. The highest BCUT2D eigenvalue weighted by Gasteiger charge is 2.23. The first-order chi connectivity index (χ1) is 15.0. The second-order valence-electron chi connectivity index (χ2n) is 11.9. The number of hydrogen-bond acceptors (Lipinski definition) is 3. The molecule has 0 aliphatic heterocycles. The van der Waals surface area contributed by atoms with Crippen molar-refractivity contribution < 1.29 is 15.3 Å². The normalized spacial score (nSPS) is 19.9. The molecule has 3 N–H and O–H groups in total. The Morgan fingerprint density at radius 3 is 1.06 bits per heavy atom. The van der Waals surface area contributed by atoms with Gasteiger partial charge in [0.1, 0.15) is 0 Å². The lowest BCUT2D eigenvalue weighted by atomic mass is 9.82. The summed E-state index contributed by atoms with van der Waals surface area (Å²) in [6, 6.07) is 0. The van der Waals surface area contributed by atoms with E-state index in [9.17, 15) is 15.3 Å². The molecule has 0 heterocycles. The first-order valence-electron chi connectivity index (χ1n) is 14.0. The maximum Gasteiger partial charge on any atom is 0.0593 e. The van der Waals surface area contributed by atoms with E-state index >= 15 is 0 Å². The fraction of sp³-hybridized carbons (Fsp3) is 1.00. The van der Waals surface area contributed by atoms with Gasteiger partial charge in [-0.3, -0.25) is 0 Å². The van der Waals surface area contributed by atoms with Crippen LogP contribution in [0.1, 0.15) is 123 Å². The van der Waals surface area contributed by atoms with Gasteiger partial charge in [-0.1, -0.05) is 117 Å². The van der Waals surface area contributed by atoms with Gasteiger partial charge >= 0.3 is 0 Å². The molecule has 0 fully saturated rings. The van der Waals surface area contributed by atoms with Gasteiger partial charge in [0.25, 0.3) is 0 Å². The first-order valence-corrected chi connectivity index (χ1v) is 14.0. The molecule has 0 radical (unpaired) electrons. The molecule has 204 valence electrons. The number of aliphatic hydroxyl groups excluding tert-OH is 3. The molecule has 0 aromatic heterocycles. The van der Waals surface area contributed by atoms with Crippen molar-refractivity contribution in [2.75, 3.05) is 0 Å². The van der Waals surface area contributed by atoms with Crippen molar-refractivity contribution in [2.45, 2.75) is 141 Å². The average molecular weight is 475 g/mol. The van der Waals surface area contributed by atoms with Gasteiger partial charge in [-0.25, -0.2) is 0 Å². The van der Waals surface area contributed by atoms with E-state index < -0.39 is 0 Å². The van der Waals surface area contributed by atoms with Crippen molar-refractivity contribution in [3.05, 3.63) is 0 Å². The predicted molar refractivity (Wildman–Crippen MR) is 148 cm³/mol. The second-order valence-corrected chi connectivity index (χ2v) is 11.9. The summed E-state index contributed by atoms with van der Waals surface area (Å²) in [6.07, 6.45) is 2.72. The molecule has 33 heavy (non-hydrogen) atoms. The summed E-state index contributed by atoms with van der Waals surface area (Å²) in [4.78, 5) is 0. The van der Waals surface area contributed by atoms with E-state index in [2.05, 4.69) is 96.9 Å². The van der Waals surface area contributed by atoms with Gasteiger partial charge in [0.2, 0.25) is 0 Å². The Labute approximate surface area is 210 Å². The minimum Gasteiger partial charge on any atom is -0.393 e. The van der Waals surface area contributed by atoms with Crippen molar-refractivity contribution in [1.29, 1.82) is 0 Å². The van der Waals surface area contributed by atoms with Gasteiger partial charge in [0.05, 0.1) is 18.3 Å². The van der Waals surface area contributed by atoms with Crippen molar-refractivity contribution >= 4 is 0 Å².